The molecule has 2 aromatic rings. The second kappa shape index (κ2) is 5.17. The van der Waals surface area contributed by atoms with E-state index in [9.17, 15) is 4.79 Å². The van der Waals surface area contributed by atoms with Gasteiger partial charge in [-0.15, -0.1) is 11.3 Å². The topological polar surface area (TPSA) is 51.2 Å². The molecule has 19 heavy (non-hydrogen) atoms. The summed E-state index contributed by atoms with van der Waals surface area (Å²) < 4.78 is 6.97. The first kappa shape index (κ1) is 12.4. The Hall–Kier alpha value is -1.62. The number of nitrogens with zero attached hydrogens (tertiary/aromatic N) is 1. The van der Waals surface area contributed by atoms with E-state index in [2.05, 4.69) is 10.3 Å². The minimum atomic E-state index is 0.158. The van der Waals surface area contributed by atoms with E-state index in [1.54, 1.807) is 11.3 Å². The molecule has 0 bridgehead atoms. The van der Waals surface area contributed by atoms with Gasteiger partial charge in [0.05, 0.1) is 21.8 Å². The smallest absolute Gasteiger partial charge is 0.220 e. The van der Waals surface area contributed by atoms with E-state index in [1.165, 1.54) is 0 Å². The fourth-order valence-electron chi connectivity index (χ4n) is 2.35. The monoisotopic (exact) mass is 276 g/mol. The van der Waals surface area contributed by atoms with Crippen LogP contribution in [0.1, 0.15) is 17.8 Å². The Labute approximate surface area is 115 Å². The number of aromatic nitrogens is 1. The lowest BCUT2D eigenvalue weighted by molar-refractivity contribution is -0.119. The largest absolute Gasteiger partial charge is 0.492 e. The summed E-state index contributed by atoms with van der Waals surface area (Å²) in [5, 5.41) is 3.90. The number of nitrogens with one attached hydrogen (secondary N) is 1. The molecule has 1 amide bonds. The molecule has 1 atom stereocenters. The third kappa shape index (κ3) is 2.71. The van der Waals surface area contributed by atoms with Crippen LogP contribution in [0.25, 0.3) is 10.2 Å². The van der Waals surface area contributed by atoms with Crippen LogP contribution in [-0.4, -0.2) is 24.0 Å². The standard InChI is InChI=1S/C14H16N2O2S/c1-9-16-11-3-2-4-12(14(11)19-9)18-6-5-10-7-13(17)15-8-10/h2-4,10H,5-8H2,1H3,(H,15,17)/t10-/m1/s1. The van der Waals surface area contributed by atoms with Crippen molar-refractivity contribution >= 4 is 27.5 Å². The molecule has 0 aliphatic carbocycles. The van der Waals surface area contributed by atoms with Crippen molar-refractivity contribution in [1.82, 2.24) is 10.3 Å². The van der Waals surface area contributed by atoms with Crippen molar-refractivity contribution < 1.29 is 9.53 Å². The predicted molar refractivity (Wildman–Crippen MR) is 75.6 cm³/mol. The fourth-order valence-corrected chi connectivity index (χ4v) is 3.24. The van der Waals surface area contributed by atoms with E-state index in [-0.39, 0.29) is 5.91 Å². The normalized spacial score (nSPS) is 18.8. The fraction of sp³-hybridized carbons (Fsp3) is 0.429. The molecule has 100 valence electrons. The van der Waals surface area contributed by atoms with Crippen LogP contribution in [-0.2, 0) is 4.79 Å². The van der Waals surface area contributed by atoms with Crippen molar-refractivity contribution in [1.29, 1.82) is 0 Å². The van der Waals surface area contributed by atoms with Gasteiger partial charge in [-0.3, -0.25) is 4.79 Å². The summed E-state index contributed by atoms with van der Waals surface area (Å²) in [6.07, 6.45) is 1.54. The summed E-state index contributed by atoms with van der Waals surface area (Å²) in [4.78, 5) is 15.6. The van der Waals surface area contributed by atoms with Crippen LogP contribution >= 0.6 is 11.3 Å². The molecule has 4 nitrogen and oxygen atoms in total. The van der Waals surface area contributed by atoms with Crippen LogP contribution in [0.3, 0.4) is 0 Å². The molecule has 0 spiro atoms. The predicted octanol–water partition coefficient (Wildman–Crippen LogP) is 2.51. The highest BCUT2D eigenvalue weighted by Crippen LogP contribution is 2.31. The molecule has 5 heteroatoms. The van der Waals surface area contributed by atoms with Gasteiger partial charge in [-0.05, 0) is 31.4 Å². The maximum Gasteiger partial charge on any atom is 0.220 e. The van der Waals surface area contributed by atoms with Crippen LogP contribution in [0.2, 0.25) is 0 Å². The highest BCUT2D eigenvalue weighted by molar-refractivity contribution is 7.18. The number of carbonyl (C=O) groups excluding carboxylic acids is 1. The maximum absolute atomic E-state index is 11.1. The Bertz CT molecular complexity index is 609. The third-order valence-corrected chi connectivity index (χ3v) is 4.33. The van der Waals surface area contributed by atoms with Gasteiger partial charge in [0.1, 0.15) is 5.75 Å². The summed E-state index contributed by atoms with van der Waals surface area (Å²) >= 11 is 1.66. The highest BCUT2D eigenvalue weighted by atomic mass is 32.1. The molecule has 1 N–H and O–H groups in total. The minimum absolute atomic E-state index is 0.158. The van der Waals surface area contributed by atoms with Crippen molar-refractivity contribution in [3.63, 3.8) is 0 Å². The molecule has 1 aromatic heterocycles. The number of benzene rings is 1. The number of hydrogen-bond donors (Lipinski definition) is 1. The average Bonchev–Trinajstić information content (AvgIpc) is 2.95. The van der Waals surface area contributed by atoms with E-state index in [0.29, 0.717) is 18.9 Å². The molecule has 0 saturated carbocycles. The minimum Gasteiger partial charge on any atom is -0.492 e. The molecule has 1 fully saturated rings. The van der Waals surface area contributed by atoms with Gasteiger partial charge < -0.3 is 10.1 Å². The summed E-state index contributed by atoms with van der Waals surface area (Å²) in [7, 11) is 0. The Morgan fingerprint density at radius 3 is 3.21 bits per heavy atom. The van der Waals surface area contributed by atoms with E-state index >= 15 is 0 Å². The first-order chi connectivity index (χ1) is 9.22. The molecular formula is C14H16N2O2S. The van der Waals surface area contributed by atoms with Gasteiger partial charge in [0.2, 0.25) is 5.91 Å². The zero-order chi connectivity index (χ0) is 13.2. The Morgan fingerprint density at radius 1 is 1.53 bits per heavy atom. The zero-order valence-corrected chi connectivity index (χ0v) is 11.6. The first-order valence-electron chi connectivity index (χ1n) is 6.48. The number of hydrogen-bond acceptors (Lipinski definition) is 4. The van der Waals surface area contributed by atoms with Gasteiger partial charge in [0.15, 0.2) is 0 Å². The molecule has 1 saturated heterocycles. The number of amides is 1. The van der Waals surface area contributed by atoms with Crippen LogP contribution in [0.5, 0.6) is 5.75 Å². The summed E-state index contributed by atoms with van der Waals surface area (Å²) in [5.74, 6) is 1.47. The number of fused-ring (bicyclic) bond motifs is 1. The van der Waals surface area contributed by atoms with Gasteiger partial charge in [-0.2, -0.15) is 0 Å². The number of rotatable bonds is 4. The van der Waals surface area contributed by atoms with Gasteiger partial charge in [0, 0.05) is 13.0 Å². The van der Waals surface area contributed by atoms with E-state index in [4.69, 9.17) is 4.74 Å². The number of ether oxygens (including phenoxy) is 1. The first-order valence-corrected chi connectivity index (χ1v) is 7.29. The molecule has 1 aliphatic rings. The average molecular weight is 276 g/mol. The van der Waals surface area contributed by atoms with Crippen LogP contribution in [0, 0.1) is 12.8 Å². The number of carbonyl (C=O) groups is 1. The van der Waals surface area contributed by atoms with Crippen LogP contribution < -0.4 is 10.1 Å². The van der Waals surface area contributed by atoms with Crippen molar-refractivity contribution in [2.45, 2.75) is 19.8 Å². The highest BCUT2D eigenvalue weighted by Gasteiger charge is 2.21. The SMILES string of the molecule is Cc1nc2cccc(OCC[C@H]3CNC(=O)C3)c2s1. The second-order valence-corrected chi connectivity index (χ2v) is 6.05. The van der Waals surface area contributed by atoms with Gasteiger partial charge in [0.25, 0.3) is 0 Å². The van der Waals surface area contributed by atoms with E-state index in [0.717, 1.165) is 33.9 Å². The summed E-state index contributed by atoms with van der Waals surface area (Å²) in [6, 6.07) is 5.96. The van der Waals surface area contributed by atoms with Crippen molar-refractivity contribution in [3.8, 4) is 5.75 Å². The Balaban J connectivity index is 1.63. The Morgan fingerprint density at radius 2 is 2.42 bits per heavy atom. The van der Waals surface area contributed by atoms with E-state index < -0.39 is 0 Å². The van der Waals surface area contributed by atoms with Gasteiger partial charge >= 0.3 is 0 Å². The Kier molecular flexibility index (Phi) is 3.38. The second-order valence-electron chi connectivity index (χ2n) is 4.85. The van der Waals surface area contributed by atoms with Gasteiger partial charge in [-0.25, -0.2) is 4.98 Å². The molecular weight excluding hydrogens is 260 g/mol. The molecule has 0 unspecified atom stereocenters. The van der Waals surface area contributed by atoms with Crippen molar-refractivity contribution in [3.05, 3.63) is 23.2 Å². The van der Waals surface area contributed by atoms with Crippen molar-refractivity contribution in [2.75, 3.05) is 13.2 Å². The molecule has 0 radical (unpaired) electrons. The lowest BCUT2D eigenvalue weighted by Gasteiger charge is -2.09. The van der Waals surface area contributed by atoms with Crippen LogP contribution in [0.4, 0.5) is 0 Å². The quantitative estimate of drug-likeness (QED) is 0.933. The van der Waals surface area contributed by atoms with Crippen LogP contribution in [0.15, 0.2) is 18.2 Å². The molecule has 1 aromatic carbocycles. The summed E-state index contributed by atoms with van der Waals surface area (Å²) in [5.41, 5.74) is 0.998. The summed E-state index contributed by atoms with van der Waals surface area (Å²) in [6.45, 7) is 3.44. The molecule has 1 aliphatic heterocycles. The molecule has 3 rings (SSSR count). The van der Waals surface area contributed by atoms with E-state index in [1.807, 2.05) is 25.1 Å². The maximum atomic E-state index is 11.1. The molecule has 2 heterocycles. The number of aryl methyl sites for hydroxylation is 1. The zero-order valence-electron chi connectivity index (χ0n) is 10.8. The van der Waals surface area contributed by atoms with Crippen molar-refractivity contribution in [2.24, 2.45) is 5.92 Å². The number of thiazole rings is 1. The third-order valence-electron chi connectivity index (χ3n) is 3.33. The van der Waals surface area contributed by atoms with Gasteiger partial charge in [-0.1, -0.05) is 6.07 Å². The lowest BCUT2D eigenvalue weighted by Crippen LogP contribution is -2.14. The lowest BCUT2D eigenvalue weighted by atomic mass is 10.1.